The maximum atomic E-state index is 6.32. The summed E-state index contributed by atoms with van der Waals surface area (Å²) in [7, 11) is -0.235. The fourth-order valence-electron chi connectivity index (χ4n) is 3.84. The Morgan fingerprint density at radius 3 is 2.17 bits per heavy atom. The second kappa shape index (κ2) is 5.77. The van der Waals surface area contributed by atoms with Crippen LogP contribution in [0.25, 0.3) is 0 Å². The van der Waals surface area contributed by atoms with E-state index in [0.29, 0.717) is 5.92 Å². The van der Waals surface area contributed by atoms with Crippen LogP contribution in [0.15, 0.2) is 18.2 Å². The summed E-state index contributed by atoms with van der Waals surface area (Å²) in [6, 6.07) is 6.96. The van der Waals surface area contributed by atoms with Crippen molar-refractivity contribution in [2.45, 2.75) is 76.9 Å². The first-order valence-corrected chi connectivity index (χ1v) is 9.62. The Kier molecular flexibility index (Phi) is 3.96. The van der Waals surface area contributed by atoms with Crippen LogP contribution in [0.2, 0.25) is 0 Å². The lowest BCUT2D eigenvalue weighted by Crippen LogP contribution is -2.41. The minimum Gasteiger partial charge on any atom is -0.399 e. The van der Waals surface area contributed by atoms with Crippen LogP contribution in [0.1, 0.15) is 71.3 Å². The van der Waals surface area contributed by atoms with Crippen LogP contribution < -0.4 is 10.4 Å². The van der Waals surface area contributed by atoms with Crippen molar-refractivity contribution in [2.24, 2.45) is 0 Å². The van der Waals surface area contributed by atoms with Crippen molar-refractivity contribution in [1.82, 2.24) is 0 Å². The average molecular weight is 327 g/mol. The van der Waals surface area contributed by atoms with E-state index in [0.717, 1.165) is 0 Å². The van der Waals surface area contributed by atoms with E-state index in [9.17, 15) is 0 Å². The first kappa shape index (κ1) is 16.5. The minimum absolute atomic E-state index is 0.235. The highest BCUT2D eigenvalue weighted by atomic mass is 16.7. The maximum absolute atomic E-state index is 6.32. The summed E-state index contributed by atoms with van der Waals surface area (Å²) in [5.41, 5.74) is 3.54. The third-order valence-corrected chi connectivity index (χ3v) is 6.32. The number of hydrogen-bond acceptors (Lipinski definition) is 3. The smallest absolute Gasteiger partial charge is 0.399 e. The molecule has 0 radical (unpaired) electrons. The van der Waals surface area contributed by atoms with Gasteiger partial charge in [-0.05, 0) is 88.9 Å². The van der Waals surface area contributed by atoms with Crippen LogP contribution in [0.3, 0.4) is 0 Å². The third-order valence-electron chi connectivity index (χ3n) is 6.32. The summed E-state index contributed by atoms with van der Waals surface area (Å²) < 4.78 is 12.6. The molecule has 2 saturated heterocycles. The summed E-state index contributed by atoms with van der Waals surface area (Å²) >= 11 is 0. The van der Waals surface area contributed by atoms with Gasteiger partial charge in [-0.15, -0.1) is 0 Å². The van der Waals surface area contributed by atoms with E-state index in [1.54, 1.807) is 0 Å². The Bertz CT molecular complexity index is 602. The lowest BCUT2D eigenvalue weighted by Gasteiger charge is -2.32. The molecule has 0 atom stereocenters. The molecule has 2 aliphatic heterocycles. The van der Waals surface area contributed by atoms with Crippen molar-refractivity contribution in [1.29, 1.82) is 0 Å². The average Bonchev–Trinajstić information content (AvgIpc) is 3.35. The van der Waals surface area contributed by atoms with E-state index in [2.05, 4.69) is 50.8 Å². The highest BCUT2D eigenvalue weighted by molar-refractivity contribution is 6.62. The molecule has 1 saturated carbocycles. The zero-order chi connectivity index (χ0) is 16.9. The molecule has 0 spiro atoms. The van der Waals surface area contributed by atoms with Gasteiger partial charge >= 0.3 is 7.12 Å². The number of anilines is 1. The third kappa shape index (κ3) is 2.88. The van der Waals surface area contributed by atoms with E-state index in [-0.39, 0.29) is 18.3 Å². The van der Waals surface area contributed by atoms with Crippen LogP contribution in [0.5, 0.6) is 0 Å². The predicted octanol–water partition coefficient (Wildman–Crippen LogP) is 3.85. The van der Waals surface area contributed by atoms with Gasteiger partial charge in [-0.2, -0.15) is 0 Å². The predicted molar refractivity (Wildman–Crippen MR) is 100 cm³/mol. The summed E-state index contributed by atoms with van der Waals surface area (Å²) in [5, 5.41) is 0. The molecule has 0 amide bonds. The van der Waals surface area contributed by atoms with Gasteiger partial charge in [0.15, 0.2) is 0 Å². The quantitative estimate of drug-likeness (QED) is 0.787. The molecule has 4 heteroatoms. The summed E-state index contributed by atoms with van der Waals surface area (Å²) in [5.74, 6) is 0.698. The molecule has 0 bridgehead atoms. The molecule has 130 valence electrons. The van der Waals surface area contributed by atoms with Crippen molar-refractivity contribution < 1.29 is 9.31 Å². The number of nitrogens with zero attached hydrogens (tertiary/aromatic N) is 1. The lowest BCUT2D eigenvalue weighted by molar-refractivity contribution is 0.00578. The Hall–Kier alpha value is -0.995. The first-order valence-electron chi connectivity index (χ1n) is 9.62. The van der Waals surface area contributed by atoms with Gasteiger partial charge in [0.05, 0.1) is 11.2 Å². The van der Waals surface area contributed by atoms with Gasteiger partial charge < -0.3 is 14.2 Å². The van der Waals surface area contributed by atoms with E-state index in [1.807, 2.05) is 0 Å². The second-order valence-electron chi connectivity index (χ2n) is 8.72. The van der Waals surface area contributed by atoms with Gasteiger partial charge in [-0.3, -0.25) is 0 Å². The van der Waals surface area contributed by atoms with E-state index < -0.39 is 0 Å². The molecule has 3 nitrogen and oxygen atoms in total. The van der Waals surface area contributed by atoms with Crippen LogP contribution >= 0.6 is 0 Å². The largest absolute Gasteiger partial charge is 0.495 e. The second-order valence-corrected chi connectivity index (χ2v) is 8.72. The van der Waals surface area contributed by atoms with E-state index >= 15 is 0 Å². The van der Waals surface area contributed by atoms with Gasteiger partial charge in [0.2, 0.25) is 0 Å². The zero-order valence-corrected chi connectivity index (χ0v) is 15.6. The fraction of sp³-hybridized carbons (Fsp3) is 0.700. The van der Waals surface area contributed by atoms with Gasteiger partial charge in [0.1, 0.15) is 0 Å². The molecule has 0 unspecified atom stereocenters. The SMILES string of the molecule is CC1(C)OB(c2ccc(N3CCCCC3)cc2C2CC2)OC1(C)C. The summed E-state index contributed by atoms with van der Waals surface area (Å²) in [6.07, 6.45) is 6.61. The molecular formula is C20H30BNO2. The summed E-state index contributed by atoms with van der Waals surface area (Å²) in [6.45, 7) is 10.9. The highest BCUT2D eigenvalue weighted by Gasteiger charge is 2.52. The van der Waals surface area contributed by atoms with Crippen LogP contribution in [0, 0.1) is 0 Å². The Morgan fingerprint density at radius 1 is 0.958 bits per heavy atom. The van der Waals surface area contributed by atoms with Crippen molar-refractivity contribution >= 4 is 18.3 Å². The Labute approximate surface area is 146 Å². The van der Waals surface area contributed by atoms with Crippen LogP contribution in [0.4, 0.5) is 5.69 Å². The maximum Gasteiger partial charge on any atom is 0.495 e. The number of piperidine rings is 1. The molecule has 24 heavy (non-hydrogen) atoms. The van der Waals surface area contributed by atoms with Gasteiger partial charge in [-0.1, -0.05) is 6.07 Å². The molecule has 3 fully saturated rings. The van der Waals surface area contributed by atoms with E-state index in [1.165, 1.54) is 61.9 Å². The molecule has 1 aromatic rings. The van der Waals surface area contributed by atoms with Gasteiger partial charge in [0.25, 0.3) is 0 Å². The normalized spacial score (nSPS) is 26.0. The molecule has 3 aliphatic rings. The molecule has 2 heterocycles. The van der Waals surface area contributed by atoms with Crippen molar-refractivity contribution in [3.05, 3.63) is 23.8 Å². The molecular weight excluding hydrogens is 297 g/mol. The standard InChI is InChI=1S/C20H30BNO2/c1-19(2)20(3,4)24-21(23-19)18-11-10-16(14-17(18)15-8-9-15)22-12-6-5-7-13-22/h10-11,14-15H,5-9,12-13H2,1-4H3. The summed E-state index contributed by atoms with van der Waals surface area (Å²) in [4.78, 5) is 2.55. The lowest BCUT2D eigenvalue weighted by atomic mass is 9.74. The molecule has 1 aliphatic carbocycles. The van der Waals surface area contributed by atoms with Gasteiger partial charge in [-0.25, -0.2) is 0 Å². The topological polar surface area (TPSA) is 21.7 Å². The van der Waals surface area contributed by atoms with Gasteiger partial charge in [0, 0.05) is 18.8 Å². The Morgan fingerprint density at radius 2 is 1.58 bits per heavy atom. The number of rotatable bonds is 3. The first-order chi connectivity index (χ1) is 11.4. The highest BCUT2D eigenvalue weighted by Crippen LogP contribution is 2.42. The molecule has 1 aromatic carbocycles. The van der Waals surface area contributed by atoms with Crippen molar-refractivity contribution in [2.75, 3.05) is 18.0 Å². The van der Waals surface area contributed by atoms with E-state index in [4.69, 9.17) is 9.31 Å². The monoisotopic (exact) mass is 327 g/mol. The zero-order valence-electron chi connectivity index (χ0n) is 15.6. The van der Waals surface area contributed by atoms with Crippen molar-refractivity contribution in [3.63, 3.8) is 0 Å². The van der Waals surface area contributed by atoms with Crippen LogP contribution in [-0.2, 0) is 9.31 Å². The van der Waals surface area contributed by atoms with Crippen LogP contribution in [-0.4, -0.2) is 31.4 Å². The fourth-order valence-corrected chi connectivity index (χ4v) is 3.84. The number of benzene rings is 1. The number of hydrogen-bond donors (Lipinski definition) is 0. The molecule has 4 rings (SSSR count). The molecule has 0 aromatic heterocycles. The Balaban J connectivity index is 1.64. The molecule has 0 N–H and O–H groups in total. The minimum atomic E-state index is -0.274. The van der Waals surface area contributed by atoms with Crippen molar-refractivity contribution in [3.8, 4) is 0 Å².